The van der Waals surface area contributed by atoms with Crippen LogP contribution in [0.3, 0.4) is 0 Å². The Morgan fingerprint density at radius 1 is 1.00 bits per heavy atom. The van der Waals surface area contributed by atoms with E-state index in [2.05, 4.69) is 26.9 Å². The summed E-state index contributed by atoms with van der Waals surface area (Å²) in [6.07, 6.45) is 6.71. The Bertz CT molecular complexity index is 2240. The second-order valence-corrected chi connectivity index (χ2v) is 17.8. The number of nitrogens with zero attached hydrogens (tertiary/aromatic N) is 3. The molecule has 5 unspecified atom stereocenters. The first-order valence-corrected chi connectivity index (χ1v) is 20.5. The molecule has 1 aromatic heterocycles. The van der Waals surface area contributed by atoms with Gasteiger partial charge in [-0.25, -0.2) is 4.79 Å². The van der Waals surface area contributed by atoms with Crippen molar-refractivity contribution in [1.82, 2.24) is 14.8 Å². The number of methoxy groups -OCH3 is 3. The molecule has 1 spiro atoms. The van der Waals surface area contributed by atoms with E-state index in [0.717, 1.165) is 33.4 Å². The minimum atomic E-state index is -2.31. The Morgan fingerprint density at radius 3 is 2.47 bits per heavy atom. The molecule has 1 saturated carbocycles. The van der Waals surface area contributed by atoms with Gasteiger partial charge in [0.15, 0.2) is 6.10 Å². The van der Waals surface area contributed by atoms with E-state index in [1.807, 2.05) is 68.6 Å². The quantitative estimate of drug-likeness (QED) is 0.191. The van der Waals surface area contributed by atoms with Gasteiger partial charge in [0.2, 0.25) is 5.60 Å². The lowest BCUT2D eigenvalue weighted by molar-refractivity contribution is -0.228. The van der Waals surface area contributed by atoms with Gasteiger partial charge in [0, 0.05) is 90.9 Å². The number of carbonyl (C=O) groups is 3. The van der Waals surface area contributed by atoms with Gasteiger partial charge in [-0.3, -0.25) is 19.4 Å². The number of ether oxygens (including phenoxy) is 4. The summed E-state index contributed by atoms with van der Waals surface area (Å²) in [6.45, 7) is 8.24. The number of aromatic nitrogens is 1. The van der Waals surface area contributed by atoms with Crippen molar-refractivity contribution in [3.05, 3.63) is 77.4 Å². The predicted molar refractivity (Wildman–Crippen MR) is 215 cm³/mol. The molecule has 2 saturated heterocycles. The number of H-pyrrole nitrogens is 1. The summed E-state index contributed by atoms with van der Waals surface area (Å²) in [5.41, 5.74) is -1.94. The highest BCUT2D eigenvalue weighted by Gasteiger charge is 2.80. The van der Waals surface area contributed by atoms with Crippen LogP contribution in [-0.2, 0) is 45.8 Å². The Labute approximate surface area is 339 Å². The number of hydrogen-bond donors (Lipinski definition) is 3. The number of esters is 3. The topological polar surface area (TPSA) is 154 Å². The summed E-state index contributed by atoms with van der Waals surface area (Å²) in [7, 11) is 6.11. The second-order valence-electron chi connectivity index (χ2n) is 17.8. The van der Waals surface area contributed by atoms with Crippen LogP contribution in [0.5, 0.6) is 5.75 Å². The first-order valence-electron chi connectivity index (χ1n) is 20.5. The van der Waals surface area contributed by atoms with Crippen molar-refractivity contribution in [2.24, 2.45) is 11.3 Å². The molecule has 10 atom stereocenters. The predicted octanol–water partition coefficient (Wildman–Crippen LogP) is 3.41. The van der Waals surface area contributed by atoms with Crippen LogP contribution in [0.2, 0.25) is 0 Å². The molecular weight excluding hydrogens is 741 g/mol. The lowest BCUT2D eigenvalue weighted by Gasteiger charge is -2.63. The second kappa shape index (κ2) is 13.3. The highest BCUT2D eigenvalue weighted by molar-refractivity contribution is 5.95. The SMILES string of the molecule is CC[C@]12C=CCN3CCC4(c5cc([C@@]6(C(=O)OC)CC7[CH][C@](C)(O)CN(CCc8c6[nH]c6ccccc86)C7)c(OC)cc5N(C)C4[C@@](O)(C(=O)OC)[C@@H]1OC(C)=O)C32. The summed E-state index contributed by atoms with van der Waals surface area (Å²) < 4.78 is 23.8. The maximum atomic E-state index is 15.2. The fraction of sp³-hybridized carbons (Fsp3) is 0.556. The van der Waals surface area contributed by atoms with Crippen molar-refractivity contribution in [3.63, 3.8) is 0 Å². The van der Waals surface area contributed by atoms with Gasteiger partial charge in [-0.1, -0.05) is 37.3 Å². The molecular formula is C45H55N4O9. The van der Waals surface area contributed by atoms with Crippen molar-refractivity contribution in [2.45, 2.75) is 86.7 Å². The Balaban J connectivity index is 1.37. The van der Waals surface area contributed by atoms with Crippen LogP contribution in [0.15, 0.2) is 48.6 Å². The first kappa shape index (κ1) is 39.1. The first-order chi connectivity index (χ1) is 27.7. The highest BCUT2D eigenvalue weighted by Crippen LogP contribution is 2.68. The fourth-order valence-corrected chi connectivity index (χ4v) is 13.1. The average Bonchev–Trinajstić information content (AvgIpc) is 3.86. The van der Waals surface area contributed by atoms with Crippen LogP contribution in [0.25, 0.3) is 10.9 Å². The summed E-state index contributed by atoms with van der Waals surface area (Å²) >= 11 is 0. The van der Waals surface area contributed by atoms with Crippen LogP contribution in [0, 0.1) is 17.8 Å². The molecule has 2 aromatic carbocycles. The van der Waals surface area contributed by atoms with E-state index >= 15 is 4.79 Å². The molecule has 2 bridgehead atoms. The zero-order valence-corrected chi connectivity index (χ0v) is 34.5. The van der Waals surface area contributed by atoms with E-state index in [9.17, 15) is 19.8 Å². The number of para-hydroxylation sites is 1. The third-order valence-electron chi connectivity index (χ3n) is 14.8. The third kappa shape index (κ3) is 4.99. The molecule has 3 fully saturated rings. The van der Waals surface area contributed by atoms with Crippen molar-refractivity contribution in [1.29, 1.82) is 0 Å². The molecule has 6 aliphatic rings. The summed E-state index contributed by atoms with van der Waals surface area (Å²) in [4.78, 5) is 52.9. The molecule has 0 amide bonds. The van der Waals surface area contributed by atoms with Gasteiger partial charge in [0.05, 0.1) is 33.0 Å². The number of benzene rings is 2. The number of fused-ring (bicyclic) bond motifs is 6. The molecule has 13 heteroatoms. The number of nitrogens with one attached hydrogen (secondary N) is 1. The Kier molecular flexibility index (Phi) is 8.95. The van der Waals surface area contributed by atoms with Gasteiger partial charge in [0.1, 0.15) is 11.2 Å². The van der Waals surface area contributed by atoms with Gasteiger partial charge in [-0.2, -0.15) is 0 Å². The summed E-state index contributed by atoms with van der Waals surface area (Å²) in [6, 6.07) is 10.9. The maximum Gasteiger partial charge on any atom is 0.344 e. The largest absolute Gasteiger partial charge is 0.496 e. The molecule has 1 radical (unpaired) electrons. The lowest BCUT2D eigenvalue weighted by atomic mass is 9.47. The van der Waals surface area contributed by atoms with Crippen molar-refractivity contribution >= 4 is 34.5 Å². The third-order valence-corrected chi connectivity index (χ3v) is 14.8. The lowest BCUT2D eigenvalue weighted by Crippen LogP contribution is -2.81. The average molecular weight is 796 g/mol. The van der Waals surface area contributed by atoms with Crippen LogP contribution in [-0.4, -0.2) is 133 Å². The Morgan fingerprint density at radius 2 is 1.76 bits per heavy atom. The summed E-state index contributed by atoms with van der Waals surface area (Å²) in [5, 5.41) is 25.9. The van der Waals surface area contributed by atoms with Gasteiger partial charge in [0.25, 0.3) is 0 Å². The molecule has 3 aromatic rings. The van der Waals surface area contributed by atoms with Crippen molar-refractivity contribution in [3.8, 4) is 5.75 Å². The fourth-order valence-electron chi connectivity index (χ4n) is 13.1. The van der Waals surface area contributed by atoms with Crippen LogP contribution in [0.1, 0.15) is 62.4 Å². The normalized spacial score (nSPS) is 37.4. The van der Waals surface area contributed by atoms with Gasteiger partial charge >= 0.3 is 17.9 Å². The van der Waals surface area contributed by atoms with E-state index in [1.54, 1.807) is 7.11 Å². The number of piperidine rings is 1. The monoisotopic (exact) mass is 795 g/mol. The number of rotatable bonds is 6. The smallest absolute Gasteiger partial charge is 0.344 e. The van der Waals surface area contributed by atoms with Crippen LogP contribution >= 0.6 is 0 Å². The molecule has 309 valence electrons. The summed E-state index contributed by atoms with van der Waals surface area (Å²) in [5.74, 6) is -1.74. The van der Waals surface area contributed by atoms with Gasteiger partial charge in [-0.05, 0) is 74.8 Å². The van der Waals surface area contributed by atoms with Crippen LogP contribution < -0.4 is 9.64 Å². The van der Waals surface area contributed by atoms with Gasteiger partial charge in [-0.15, -0.1) is 0 Å². The molecule has 13 nitrogen and oxygen atoms in total. The van der Waals surface area contributed by atoms with Crippen molar-refractivity contribution in [2.75, 3.05) is 66.0 Å². The van der Waals surface area contributed by atoms with E-state index in [-0.39, 0.29) is 18.4 Å². The zero-order valence-electron chi connectivity index (χ0n) is 34.5. The van der Waals surface area contributed by atoms with Crippen LogP contribution in [0.4, 0.5) is 5.69 Å². The number of carbonyl (C=O) groups excluding carboxylic acids is 3. The molecule has 5 aliphatic heterocycles. The number of anilines is 1. The number of likely N-dealkylation sites (N-methyl/N-ethyl adjacent to an activating group) is 1. The van der Waals surface area contributed by atoms with Gasteiger partial charge < -0.3 is 39.0 Å². The molecule has 3 N–H and O–H groups in total. The highest BCUT2D eigenvalue weighted by atomic mass is 16.6. The number of hydrogen-bond acceptors (Lipinski definition) is 12. The minimum Gasteiger partial charge on any atom is -0.496 e. The number of aliphatic hydroxyl groups is 2. The maximum absolute atomic E-state index is 15.2. The van der Waals surface area contributed by atoms with E-state index in [4.69, 9.17) is 18.9 Å². The van der Waals surface area contributed by atoms with E-state index in [1.165, 1.54) is 21.1 Å². The molecule has 6 heterocycles. The van der Waals surface area contributed by atoms with E-state index < -0.39 is 57.5 Å². The van der Waals surface area contributed by atoms with E-state index in [0.29, 0.717) is 63.3 Å². The number of aromatic amines is 1. The molecule has 9 rings (SSSR count). The minimum absolute atomic E-state index is 0.228. The molecule has 58 heavy (non-hydrogen) atoms. The van der Waals surface area contributed by atoms with Crippen molar-refractivity contribution < 1.29 is 43.5 Å². The molecule has 1 aliphatic carbocycles. The Hall–Kier alpha value is -4.43. The zero-order chi connectivity index (χ0) is 41.2. The standard InChI is InChI=1S/C45H55N4O9/c1-8-42-15-11-17-49-19-16-43(36(42)49)30-20-31(34(55-5)21-33(30)47(4)37(43)45(54,40(52)57-7)38(42)58-26(2)50)44(39(51)56-6)23-27-22-41(3,53)25-48(24-27)18-14-29-28-12-9-10-13-32(28)46-35(29)44/h9-13,15,20-22,27,36-38,46,53-54H,8,14,16-19,23-25H2,1-7H3/t27?,36?,37?,38-,41+,42-,43?,44+,45+/m1/s1.